The number of piperazine rings is 1. The van der Waals surface area contributed by atoms with Gasteiger partial charge in [0.15, 0.2) is 0 Å². The zero-order valence-corrected chi connectivity index (χ0v) is 8.91. The van der Waals surface area contributed by atoms with Gasteiger partial charge in [0.25, 0.3) is 0 Å². The van der Waals surface area contributed by atoms with Crippen LogP contribution in [0.4, 0.5) is 0 Å². The molecular formula is C11H21N3. The fourth-order valence-corrected chi connectivity index (χ4v) is 3.50. The van der Waals surface area contributed by atoms with E-state index in [0.717, 1.165) is 12.1 Å². The average molecular weight is 195 g/mol. The summed E-state index contributed by atoms with van der Waals surface area (Å²) in [4.78, 5) is 5.44. The predicted octanol–water partition coefficient (Wildman–Crippen LogP) is 0.128. The second-order valence-electron chi connectivity index (χ2n) is 4.89. The van der Waals surface area contributed by atoms with E-state index in [-0.39, 0.29) is 0 Å². The topological polar surface area (TPSA) is 18.5 Å². The van der Waals surface area contributed by atoms with Crippen LogP contribution < -0.4 is 5.32 Å². The third-order valence-electron chi connectivity index (χ3n) is 4.19. The lowest BCUT2D eigenvalue weighted by molar-refractivity contribution is 0.143. The predicted molar refractivity (Wildman–Crippen MR) is 57.4 cm³/mol. The first-order valence-electron chi connectivity index (χ1n) is 6.14. The Bertz CT molecular complexity index is 201. The molecule has 0 aromatic rings. The molecule has 0 aromatic heterocycles. The molecule has 2 atom stereocenters. The van der Waals surface area contributed by atoms with Crippen LogP contribution in [0.2, 0.25) is 0 Å². The van der Waals surface area contributed by atoms with Gasteiger partial charge >= 0.3 is 0 Å². The number of rotatable bonds is 1. The van der Waals surface area contributed by atoms with Gasteiger partial charge in [-0.25, -0.2) is 0 Å². The van der Waals surface area contributed by atoms with Crippen molar-refractivity contribution in [1.29, 1.82) is 0 Å². The quantitative estimate of drug-likeness (QED) is 0.641. The second kappa shape index (κ2) is 3.80. The smallest absolute Gasteiger partial charge is 0.0264 e. The first kappa shape index (κ1) is 9.13. The first-order chi connectivity index (χ1) is 6.95. The van der Waals surface area contributed by atoms with Crippen LogP contribution in [-0.4, -0.2) is 61.2 Å². The Kier molecular flexibility index (Phi) is 2.48. The molecule has 3 aliphatic heterocycles. The summed E-state index contributed by atoms with van der Waals surface area (Å²) in [6.07, 6.45) is 4.31. The van der Waals surface area contributed by atoms with E-state index in [0.29, 0.717) is 0 Å². The molecule has 0 saturated carbocycles. The molecule has 3 rings (SSSR count). The molecule has 3 saturated heterocycles. The third kappa shape index (κ3) is 1.47. The van der Waals surface area contributed by atoms with Gasteiger partial charge in [0.1, 0.15) is 0 Å². The van der Waals surface area contributed by atoms with Crippen LogP contribution in [0.25, 0.3) is 0 Å². The van der Waals surface area contributed by atoms with Gasteiger partial charge in [-0.05, 0) is 25.8 Å². The molecule has 3 fully saturated rings. The van der Waals surface area contributed by atoms with Crippen molar-refractivity contribution in [2.75, 3.05) is 39.3 Å². The highest BCUT2D eigenvalue weighted by Gasteiger charge is 2.40. The summed E-state index contributed by atoms with van der Waals surface area (Å²) in [7, 11) is 0. The summed E-state index contributed by atoms with van der Waals surface area (Å²) < 4.78 is 0. The molecule has 14 heavy (non-hydrogen) atoms. The number of hydrogen-bond acceptors (Lipinski definition) is 3. The van der Waals surface area contributed by atoms with E-state index in [1.165, 1.54) is 58.5 Å². The number of hydrogen-bond donors (Lipinski definition) is 1. The van der Waals surface area contributed by atoms with Crippen molar-refractivity contribution < 1.29 is 0 Å². The van der Waals surface area contributed by atoms with E-state index in [2.05, 4.69) is 15.1 Å². The average Bonchev–Trinajstić information content (AvgIpc) is 2.79. The largest absolute Gasteiger partial charge is 0.314 e. The molecule has 0 radical (unpaired) electrons. The maximum atomic E-state index is 3.44. The summed E-state index contributed by atoms with van der Waals surface area (Å²) in [5.41, 5.74) is 0. The zero-order chi connectivity index (χ0) is 9.38. The van der Waals surface area contributed by atoms with Crippen molar-refractivity contribution in [3.63, 3.8) is 0 Å². The van der Waals surface area contributed by atoms with Gasteiger partial charge < -0.3 is 5.32 Å². The fraction of sp³-hybridized carbons (Fsp3) is 1.00. The molecule has 3 heterocycles. The van der Waals surface area contributed by atoms with Gasteiger partial charge in [0.2, 0.25) is 0 Å². The van der Waals surface area contributed by atoms with Crippen molar-refractivity contribution >= 4 is 0 Å². The first-order valence-corrected chi connectivity index (χ1v) is 6.14. The molecule has 0 aliphatic carbocycles. The Labute approximate surface area is 86.4 Å². The van der Waals surface area contributed by atoms with Gasteiger partial charge in [0, 0.05) is 44.8 Å². The van der Waals surface area contributed by atoms with Crippen molar-refractivity contribution in [3.8, 4) is 0 Å². The van der Waals surface area contributed by atoms with Crippen LogP contribution in [0, 0.1) is 0 Å². The van der Waals surface area contributed by atoms with Crippen LogP contribution in [0.15, 0.2) is 0 Å². The Hall–Kier alpha value is -0.120. The van der Waals surface area contributed by atoms with E-state index >= 15 is 0 Å². The standard InChI is InChI=1S/C11H21N3/c1-2-10-11(3-7-13(10)6-1)14-8-4-12-5-9-14/h10-12H,1-9H2. The maximum Gasteiger partial charge on any atom is 0.0264 e. The minimum Gasteiger partial charge on any atom is -0.314 e. The van der Waals surface area contributed by atoms with Gasteiger partial charge in [-0.2, -0.15) is 0 Å². The van der Waals surface area contributed by atoms with Gasteiger partial charge in [0.05, 0.1) is 0 Å². The van der Waals surface area contributed by atoms with Gasteiger partial charge in [-0.3, -0.25) is 9.80 Å². The number of fused-ring (bicyclic) bond motifs is 1. The lowest BCUT2D eigenvalue weighted by atomic mass is 10.0. The van der Waals surface area contributed by atoms with Crippen LogP contribution in [-0.2, 0) is 0 Å². The van der Waals surface area contributed by atoms with E-state index in [1.807, 2.05) is 0 Å². The number of nitrogens with one attached hydrogen (secondary N) is 1. The molecule has 3 heteroatoms. The summed E-state index contributed by atoms with van der Waals surface area (Å²) >= 11 is 0. The molecular weight excluding hydrogens is 174 g/mol. The maximum absolute atomic E-state index is 3.44. The zero-order valence-electron chi connectivity index (χ0n) is 8.91. The molecule has 0 amide bonds. The Balaban J connectivity index is 1.66. The van der Waals surface area contributed by atoms with Crippen molar-refractivity contribution in [2.24, 2.45) is 0 Å². The highest BCUT2D eigenvalue weighted by atomic mass is 15.3. The van der Waals surface area contributed by atoms with Gasteiger partial charge in [-0.1, -0.05) is 0 Å². The Morgan fingerprint density at radius 1 is 0.786 bits per heavy atom. The molecule has 1 N–H and O–H groups in total. The second-order valence-corrected chi connectivity index (χ2v) is 4.89. The molecule has 80 valence electrons. The molecule has 2 unspecified atom stereocenters. The SMILES string of the molecule is C1CC2C(N3CCNCC3)CCN2C1. The summed E-state index contributed by atoms with van der Waals surface area (Å²) in [6, 6.07) is 1.80. The van der Waals surface area contributed by atoms with E-state index in [4.69, 9.17) is 0 Å². The van der Waals surface area contributed by atoms with E-state index in [1.54, 1.807) is 0 Å². The minimum atomic E-state index is 0.889. The third-order valence-corrected chi connectivity index (χ3v) is 4.19. The van der Waals surface area contributed by atoms with Gasteiger partial charge in [-0.15, -0.1) is 0 Å². The van der Waals surface area contributed by atoms with Crippen molar-refractivity contribution in [2.45, 2.75) is 31.3 Å². The van der Waals surface area contributed by atoms with Crippen molar-refractivity contribution in [1.82, 2.24) is 15.1 Å². The number of nitrogens with zero attached hydrogens (tertiary/aromatic N) is 2. The Morgan fingerprint density at radius 3 is 2.36 bits per heavy atom. The van der Waals surface area contributed by atoms with Crippen LogP contribution in [0.1, 0.15) is 19.3 Å². The fourth-order valence-electron chi connectivity index (χ4n) is 3.50. The lowest BCUT2D eigenvalue weighted by Gasteiger charge is -2.35. The molecule has 3 nitrogen and oxygen atoms in total. The summed E-state index contributed by atoms with van der Waals surface area (Å²) in [6.45, 7) is 7.67. The van der Waals surface area contributed by atoms with E-state index < -0.39 is 0 Å². The molecule has 0 bridgehead atoms. The van der Waals surface area contributed by atoms with Crippen LogP contribution in [0.5, 0.6) is 0 Å². The summed E-state index contributed by atoms with van der Waals surface area (Å²) in [5, 5.41) is 3.44. The van der Waals surface area contributed by atoms with E-state index in [9.17, 15) is 0 Å². The Morgan fingerprint density at radius 2 is 1.50 bits per heavy atom. The monoisotopic (exact) mass is 195 g/mol. The van der Waals surface area contributed by atoms with Crippen LogP contribution >= 0.6 is 0 Å². The normalized spacial score (nSPS) is 40.3. The lowest BCUT2D eigenvalue weighted by Crippen LogP contribution is -2.51. The van der Waals surface area contributed by atoms with Crippen molar-refractivity contribution in [3.05, 3.63) is 0 Å². The molecule has 0 spiro atoms. The molecule has 0 aromatic carbocycles. The van der Waals surface area contributed by atoms with Crippen LogP contribution in [0.3, 0.4) is 0 Å². The highest BCUT2D eigenvalue weighted by molar-refractivity contribution is 4.97. The highest BCUT2D eigenvalue weighted by Crippen LogP contribution is 2.31. The molecule has 3 aliphatic rings. The minimum absolute atomic E-state index is 0.889. The summed E-state index contributed by atoms with van der Waals surface area (Å²) in [5.74, 6) is 0.